The summed E-state index contributed by atoms with van der Waals surface area (Å²) < 4.78 is 12.9. The Hall–Kier alpha value is -1.97. The van der Waals surface area contributed by atoms with Crippen molar-refractivity contribution in [3.05, 3.63) is 41.3 Å². The van der Waals surface area contributed by atoms with Crippen LogP contribution in [0.1, 0.15) is 17.7 Å². The smallest absolute Gasteiger partial charge is 0.161 e. The van der Waals surface area contributed by atoms with Gasteiger partial charge in [-0.2, -0.15) is 0 Å². The maximum atomic E-state index is 12.9. The summed E-state index contributed by atoms with van der Waals surface area (Å²) in [4.78, 5) is 9.11. The summed E-state index contributed by atoms with van der Waals surface area (Å²) in [5.41, 5.74) is 3.19. The Bertz CT molecular complexity index is 578. The van der Waals surface area contributed by atoms with Crippen molar-refractivity contribution >= 4 is 5.82 Å². The molecule has 3 rings (SSSR count). The van der Waals surface area contributed by atoms with Crippen molar-refractivity contribution in [3.63, 3.8) is 0 Å². The number of nitrogens with one attached hydrogen (secondary N) is 1. The molecule has 1 heterocycles. The number of aryl methyl sites for hydroxylation is 1. The first kappa shape index (κ1) is 11.1. The molecular formula is C14H14FN3. The minimum absolute atomic E-state index is 0.242. The average Bonchev–Trinajstić information content (AvgIpc) is 2.86. The third kappa shape index (κ3) is 1.83. The quantitative estimate of drug-likeness (QED) is 0.881. The van der Waals surface area contributed by atoms with Gasteiger partial charge in [0.1, 0.15) is 11.6 Å². The molecule has 1 N–H and O–H groups in total. The van der Waals surface area contributed by atoms with Gasteiger partial charge in [0.25, 0.3) is 0 Å². The summed E-state index contributed by atoms with van der Waals surface area (Å²) in [7, 11) is 1.87. The number of nitrogens with zero attached hydrogens (tertiary/aromatic N) is 2. The molecular weight excluding hydrogens is 229 g/mol. The molecule has 1 aromatic heterocycles. The second-order valence-corrected chi connectivity index (χ2v) is 4.43. The van der Waals surface area contributed by atoms with Crippen molar-refractivity contribution < 1.29 is 4.39 Å². The first-order valence-corrected chi connectivity index (χ1v) is 6.11. The number of halogens is 1. The highest BCUT2D eigenvalue weighted by molar-refractivity contribution is 5.60. The van der Waals surface area contributed by atoms with Crippen molar-refractivity contribution in [2.24, 2.45) is 0 Å². The molecule has 2 aromatic rings. The van der Waals surface area contributed by atoms with Gasteiger partial charge in [0.15, 0.2) is 5.82 Å². The van der Waals surface area contributed by atoms with Crippen LogP contribution in [0.2, 0.25) is 0 Å². The summed E-state index contributed by atoms with van der Waals surface area (Å²) in [6.07, 6.45) is 3.17. The van der Waals surface area contributed by atoms with E-state index in [1.165, 1.54) is 17.7 Å². The maximum absolute atomic E-state index is 12.9. The van der Waals surface area contributed by atoms with E-state index >= 15 is 0 Å². The van der Waals surface area contributed by atoms with E-state index in [4.69, 9.17) is 0 Å². The number of rotatable bonds is 2. The lowest BCUT2D eigenvalue weighted by atomic mass is 10.2. The molecule has 3 nitrogen and oxygen atoms in total. The van der Waals surface area contributed by atoms with E-state index in [1.807, 2.05) is 7.05 Å². The number of hydrogen-bond donors (Lipinski definition) is 1. The zero-order chi connectivity index (χ0) is 12.5. The van der Waals surface area contributed by atoms with Crippen LogP contribution in [0.25, 0.3) is 11.4 Å². The third-order valence-electron chi connectivity index (χ3n) is 3.27. The van der Waals surface area contributed by atoms with E-state index in [0.29, 0.717) is 5.82 Å². The molecule has 0 atom stereocenters. The van der Waals surface area contributed by atoms with Crippen LogP contribution in [-0.4, -0.2) is 17.0 Å². The van der Waals surface area contributed by atoms with Crippen LogP contribution in [0.5, 0.6) is 0 Å². The minimum Gasteiger partial charge on any atom is -0.373 e. The molecule has 1 aromatic carbocycles. The van der Waals surface area contributed by atoms with Crippen molar-refractivity contribution in [3.8, 4) is 11.4 Å². The molecule has 0 bridgehead atoms. The number of benzene rings is 1. The summed E-state index contributed by atoms with van der Waals surface area (Å²) in [5.74, 6) is 1.32. The van der Waals surface area contributed by atoms with Crippen LogP contribution in [-0.2, 0) is 12.8 Å². The van der Waals surface area contributed by atoms with Crippen LogP contribution >= 0.6 is 0 Å². The Kier molecular flexibility index (Phi) is 2.70. The Morgan fingerprint density at radius 2 is 1.89 bits per heavy atom. The molecule has 92 valence electrons. The predicted molar refractivity (Wildman–Crippen MR) is 69.0 cm³/mol. The zero-order valence-electron chi connectivity index (χ0n) is 10.2. The van der Waals surface area contributed by atoms with Gasteiger partial charge in [-0.25, -0.2) is 14.4 Å². The maximum Gasteiger partial charge on any atom is 0.161 e. The predicted octanol–water partition coefficient (Wildman–Crippen LogP) is 2.81. The number of aromatic nitrogens is 2. The number of anilines is 1. The highest BCUT2D eigenvalue weighted by atomic mass is 19.1. The van der Waals surface area contributed by atoms with E-state index in [2.05, 4.69) is 15.3 Å². The zero-order valence-corrected chi connectivity index (χ0v) is 10.2. The fourth-order valence-electron chi connectivity index (χ4n) is 2.37. The summed E-state index contributed by atoms with van der Waals surface area (Å²) in [6.45, 7) is 0. The van der Waals surface area contributed by atoms with Gasteiger partial charge in [0.2, 0.25) is 0 Å². The van der Waals surface area contributed by atoms with Gasteiger partial charge in [-0.1, -0.05) is 0 Å². The Morgan fingerprint density at radius 1 is 1.11 bits per heavy atom. The van der Waals surface area contributed by atoms with Gasteiger partial charge in [-0.05, 0) is 43.5 Å². The second-order valence-electron chi connectivity index (χ2n) is 4.43. The van der Waals surface area contributed by atoms with E-state index in [-0.39, 0.29) is 5.82 Å². The first-order valence-electron chi connectivity index (χ1n) is 6.11. The minimum atomic E-state index is -0.242. The molecule has 1 aliphatic rings. The Labute approximate surface area is 105 Å². The molecule has 0 fully saturated rings. The second kappa shape index (κ2) is 4.37. The highest BCUT2D eigenvalue weighted by Gasteiger charge is 2.19. The van der Waals surface area contributed by atoms with E-state index in [9.17, 15) is 4.39 Å². The van der Waals surface area contributed by atoms with E-state index in [1.54, 1.807) is 12.1 Å². The molecule has 1 aliphatic carbocycles. The van der Waals surface area contributed by atoms with Crippen LogP contribution < -0.4 is 5.32 Å². The molecule has 0 radical (unpaired) electrons. The van der Waals surface area contributed by atoms with Crippen LogP contribution in [0.3, 0.4) is 0 Å². The molecule has 0 saturated carbocycles. The van der Waals surface area contributed by atoms with E-state index < -0.39 is 0 Å². The lowest BCUT2D eigenvalue weighted by Gasteiger charge is -2.09. The molecule has 4 heteroatoms. The van der Waals surface area contributed by atoms with Crippen LogP contribution in [0, 0.1) is 5.82 Å². The fourth-order valence-corrected chi connectivity index (χ4v) is 2.37. The SMILES string of the molecule is CNc1nc(-c2ccc(F)cc2)nc2c1CCC2. The normalized spacial score (nSPS) is 13.4. The highest BCUT2D eigenvalue weighted by Crippen LogP contribution is 2.28. The standard InChI is InChI=1S/C14H14FN3/c1-16-14-11-3-2-4-12(11)17-13(18-14)9-5-7-10(15)8-6-9/h5-8H,2-4H2,1H3,(H,16,17,18). The first-order chi connectivity index (χ1) is 8.78. The van der Waals surface area contributed by atoms with Crippen molar-refractivity contribution in [2.75, 3.05) is 12.4 Å². The number of fused-ring (bicyclic) bond motifs is 1. The topological polar surface area (TPSA) is 37.8 Å². The summed E-state index contributed by atoms with van der Waals surface area (Å²) in [5, 5.41) is 3.12. The Balaban J connectivity index is 2.10. The fraction of sp³-hybridized carbons (Fsp3) is 0.286. The molecule has 0 saturated heterocycles. The van der Waals surface area contributed by atoms with Gasteiger partial charge in [0, 0.05) is 23.9 Å². The van der Waals surface area contributed by atoms with Crippen molar-refractivity contribution in [1.29, 1.82) is 0 Å². The monoisotopic (exact) mass is 243 g/mol. The van der Waals surface area contributed by atoms with Crippen LogP contribution in [0.15, 0.2) is 24.3 Å². The lowest BCUT2D eigenvalue weighted by Crippen LogP contribution is -2.03. The van der Waals surface area contributed by atoms with Gasteiger partial charge >= 0.3 is 0 Å². The Morgan fingerprint density at radius 3 is 2.61 bits per heavy atom. The molecule has 0 unspecified atom stereocenters. The van der Waals surface area contributed by atoms with Crippen molar-refractivity contribution in [2.45, 2.75) is 19.3 Å². The lowest BCUT2D eigenvalue weighted by molar-refractivity contribution is 0.628. The summed E-state index contributed by atoms with van der Waals surface area (Å²) >= 11 is 0. The molecule has 0 amide bonds. The number of hydrogen-bond acceptors (Lipinski definition) is 3. The largest absolute Gasteiger partial charge is 0.373 e. The van der Waals surface area contributed by atoms with E-state index in [0.717, 1.165) is 36.3 Å². The molecule has 0 aliphatic heterocycles. The third-order valence-corrected chi connectivity index (χ3v) is 3.27. The molecule has 18 heavy (non-hydrogen) atoms. The van der Waals surface area contributed by atoms with Gasteiger partial charge < -0.3 is 5.32 Å². The van der Waals surface area contributed by atoms with Crippen LogP contribution in [0.4, 0.5) is 10.2 Å². The van der Waals surface area contributed by atoms with Gasteiger partial charge in [0.05, 0.1) is 0 Å². The van der Waals surface area contributed by atoms with Crippen molar-refractivity contribution in [1.82, 2.24) is 9.97 Å². The van der Waals surface area contributed by atoms with Gasteiger partial charge in [-0.15, -0.1) is 0 Å². The average molecular weight is 243 g/mol. The molecule has 0 spiro atoms. The van der Waals surface area contributed by atoms with Gasteiger partial charge in [-0.3, -0.25) is 0 Å². The summed E-state index contributed by atoms with van der Waals surface area (Å²) in [6, 6.07) is 6.30.